The summed E-state index contributed by atoms with van der Waals surface area (Å²) in [4.78, 5) is 26.4. The lowest BCUT2D eigenvalue weighted by Crippen LogP contribution is -2.33. The highest BCUT2D eigenvalue weighted by Crippen LogP contribution is 2.46. The van der Waals surface area contributed by atoms with E-state index in [1.165, 1.54) is 38.2 Å². The number of aryl methyl sites for hydroxylation is 1. The van der Waals surface area contributed by atoms with Gasteiger partial charge < -0.3 is 14.7 Å². The number of rotatable bonds is 9. The molecule has 0 saturated heterocycles. The maximum absolute atomic E-state index is 13.2. The van der Waals surface area contributed by atoms with Crippen molar-refractivity contribution in [2.75, 3.05) is 0 Å². The Labute approximate surface area is 176 Å². The lowest BCUT2D eigenvalue weighted by atomic mass is 10.1. The zero-order valence-corrected chi connectivity index (χ0v) is 17.7. The Kier molecular flexibility index (Phi) is 7.62. The first kappa shape index (κ1) is 23.1. The van der Waals surface area contributed by atoms with Gasteiger partial charge in [-0.2, -0.15) is 5.09 Å². The number of carbonyl (C=O) groups is 2. The van der Waals surface area contributed by atoms with Crippen LogP contribution in [-0.2, 0) is 20.5 Å². The highest BCUT2D eigenvalue weighted by atomic mass is 35.5. The molecule has 1 heterocycles. The lowest BCUT2D eigenvalue weighted by Gasteiger charge is -2.22. The molecule has 0 saturated carbocycles. The Bertz CT molecular complexity index is 986. The van der Waals surface area contributed by atoms with Crippen LogP contribution < -0.4 is 9.61 Å². The average Bonchev–Trinajstić information content (AvgIpc) is 2.65. The fraction of sp³-hybridized carbons (Fsp3) is 0.235. The molecule has 9 nitrogen and oxygen atoms in total. The van der Waals surface area contributed by atoms with Crippen LogP contribution in [0, 0.1) is 6.92 Å². The van der Waals surface area contributed by atoms with E-state index in [1.54, 1.807) is 0 Å². The first-order valence-electron chi connectivity index (χ1n) is 8.08. The number of halogens is 2. The summed E-state index contributed by atoms with van der Waals surface area (Å²) in [5.74, 6) is -1.63. The van der Waals surface area contributed by atoms with Crippen LogP contribution in [0.4, 0.5) is 0 Å². The summed E-state index contributed by atoms with van der Waals surface area (Å²) in [6.07, 6.45) is 1.67. The molecule has 0 aliphatic rings. The molecule has 1 aromatic carbocycles. The van der Waals surface area contributed by atoms with Crippen molar-refractivity contribution in [3.63, 3.8) is 0 Å². The van der Waals surface area contributed by atoms with Crippen LogP contribution in [0.15, 0.2) is 24.4 Å². The molecule has 2 rings (SSSR count). The maximum Gasteiger partial charge on any atom is 0.459 e. The van der Waals surface area contributed by atoms with Gasteiger partial charge in [0.25, 0.3) is 0 Å². The predicted octanol–water partition coefficient (Wildman–Crippen LogP) is 3.98. The Balaban J connectivity index is 2.31. The van der Waals surface area contributed by atoms with E-state index >= 15 is 0 Å². The van der Waals surface area contributed by atoms with Crippen LogP contribution in [0.5, 0.6) is 11.5 Å². The number of pyridine rings is 1. The second-order valence-corrected chi connectivity index (χ2v) is 8.38. The third-order valence-corrected chi connectivity index (χ3v) is 6.07. The number of aromatic nitrogens is 1. The molecule has 0 aliphatic heterocycles. The standard InChI is InChI=1S/C17H17Cl2N2O7P/c1-9-16(23)13(7-22)11(6-20-9)8-27-29(26,21-10(2)17(24)25)28-12-3-4-14(18)15(19)5-12/h3-7,10,23H,8H2,1-2H3,(H,21,26)(H,24,25). The number of nitrogens with zero attached hydrogens (tertiary/aromatic N) is 1. The minimum absolute atomic E-state index is 0.00770. The van der Waals surface area contributed by atoms with E-state index in [0.29, 0.717) is 6.29 Å². The topological polar surface area (TPSA) is 135 Å². The average molecular weight is 463 g/mol. The predicted molar refractivity (Wildman–Crippen MR) is 106 cm³/mol. The van der Waals surface area contributed by atoms with Crippen molar-refractivity contribution in [1.29, 1.82) is 0 Å². The van der Waals surface area contributed by atoms with Gasteiger partial charge in [-0.1, -0.05) is 23.2 Å². The molecule has 1 aromatic heterocycles. The van der Waals surface area contributed by atoms with Gasteiger partial charge >= 0.3 is 13.7 Å². The molecule has 29 heavy (non-hydrogen) atoms. The molecule has 0 radical (unpaired) electrons. The first-order chi connectivity index (χ1) is 13.6. The van der Waals surface area contributed by atoms with Crippen LogP contribution in [0.25, 0.3) is 0 Å². The number of benzene rings is 1. The van der Waals surface area contributed by atoms with E-state index in [9.17, 15) is 19.3 Å². The zero-order chi connectivity index (χ0) is 21.8. The van der Waals surface area contributed by atoms with E-state index < -0.39 is 26.4 Å². The third kappa shape index (κ3) is 5.91. The van der Waals surface area contributed by atoms with Crippen LogP contribution in [0.1, 0.15) is 28.5 Å². The highest BCUT2D eigenvalue weighted by Gasteiger charge is 2.32. The maximum atomic E-state index is 13.2. The van der Waals surface area contributed by atoms with Crippen molar-refractivity contribution >= 4 is 43.2 Å². The molecule has 156 valence electrons. The summed E-state index contributed by atoms with van der Waals surface area (Å²) in [6, 6.07) is 2.76. The molecule has 12 heteroatoms. The smallest absolute Gasteiger partial charge is 0.459 e. The molecule has 0 fully saturated rings. The molecular formula is C17H17Cl2N2O7P. The van der Waals surface area contributed by atoms with Gasteiger partial charge in [-0.25, -0.2) is 4.57 Å². The monoisotopic (exact) mass is 462 g/mol. The molecular weight excluding hydrogens is 446 g/mol. The van der Waals surface area contributed by atoms with Crippen molar-refractivity contribution in [2.45, 2.75) is 26.5 Å². The molecule has 0 aliphatic carbocycles. The van der Waals surface area contributed by atoms with Gasteiger partial charge in [0.05, 0.1) is 27.9 Å². The number of carbonyl (C=O) groups excluding carboxylic acids is 1. The quantitative estimate of drug-likeness (QED) is 0.373. The Morgan fingerprint density at radius 3 is 2.66 bits per heavy atom. The molecule has 2 aromatic rings. The minimum Gasteiger partial charge on any atom is -0.505 e. The molecule has 0 bridgehead atoms. The van der Waals surface area contributed by atoms with Gasteiger partial charge in [0.2, 0.25) is 0 Å². The number of nitrogens with one attached hydrogen (secondary N) is 1. The first-order valence-corrected chi connectivity index (χ1v) is 10.4. The summed E-state index contributed by atoms with van der Waals surface area (Å²) < 4.78 is 23.8. The van der Waals surface area contributed by atoms with Gasteiger partial charge in [-0.3, -0.25) is 19.1 Å². The number of aromatic hydroxyl groups is 1. The number of carboxylic acids is 1. The molecule has 0 spiro atoms. The zero-order valence-electron chi connectivity index (χ0n) is 15.3. The number of aliphatic carboxylic acids is 1. The van der Waals surface area contributed by atoms with Gasteiger partial charge in [0.15, 0.2) is 6.29 Å². The Hall–Kier alpha value is -2.16. The SMILES string of the molecule is Cc1ncc(COP(=O)(NC(C)C(=O)O)Oc2ccc(Cl)c(Cl)c2)c(C=O)c1O. The highest BCUT2D eigenvalue weighted by molar-refractivity contribution is 7.52. The minimum atomic E-state index is -4.27. The summed E-state index contributed by atoms with van der Waals surface area (Å²) in [7, 11) is -4.27. The Morgan fingerprint density at radius 2 is 2.07 bits per heavy atom. The summed E-state index contributed by atoms with van der Waals surface area (Å²) in [6.45, 7) is 2.28. The normalized spacial score (nSPS) is 14.1. The fourth-order valence-electron chi connectivity index (χ4n) is 2.11. The van der Waals surface area contributed by atoms with Crippen molar-refractivity contribution < 1.29 is 33.4 Å². The second-order valence-electron chi connectivity index (χ2n) is 5.88. The number of hydrogen-bond acceptors (Lipinski definition) is 7. The lowest BCUT2D eigenvalue weighted by molar-refractivity contribution is -0.138. The van der Waals surface area contributed by atoms with Crippen LogP contribution >= 0.6 is 30.9 Å². The van der Waals surface area contributed by atoms with Crippen molar-refractivity contribution in [2.24, 2.45) is 0 Å². The molecule has 2 unspecified atom stereocenters. The molecule has 2 atom stereocenters. The summed E-state index contributed by atoms with van der Waals surface area (Å²) >= 11 is 11.7. The third-order valence-electron chi connectivity index (χ3n) is 3.70. The second kappa shape index (κ2) is 9.56. The van der Waals surface area contributed by atoms with Gasteiger partial charge in [0, 0.05) is 17.8 Å². The van der Waals surface area contributed by atoms with Crippen LogP contribution in [0.3, 0.4) is 0 Å². The number of hydrogen-bond donors (Lipinski definition) is 3. The van der Waals surface area contributed by atoms with E-state index in [-0.39, 0.29) is 38.4 Å². The van der Waals surface area contributed by atoms with E-state index in [4.69, 9.17) is 37.4 Å². The van der Waals surface area contributed by atoms with Gasteiger partial charge in [0.1, 0.15) is 17.5 Å². The van der Waals surface area contributed by atoms with E-state index in [1.807, 2.05) is 0 Å². The fourth-order valence-corrected chi connectivity index (χ4v) is 3.86. The van der Waals surface area contributed by atoms with Crippen molar-refractivity contribution in [3.05, 3.63) is 51.3 Å². The largest absolute Gasteiger partial charge is 0.505 e. The van der Waals surface area contributed by atoms with Gasteiger partial charge in [-0.15, -0.1) is 0 Å². The molecule has 0 amide bonds. The van der Waals surface area contributed by atoms with E-state index in [2.05, 4.69) is 10.1 Å². The van der Waals surface area contributed by atoms with Crippen LogP contribution in [0.2, 0.25) is 10.0 Å². The van der Waals surface area contributed by atoms with E-state index in [0.717, 1.165) is 0 Å². The molecule has 3 N–H and O–H groups in total. The Morgan fingerprint density at radius 1 is 1.38 bits per heavy atom. The number of aldehydes is 1. The number of carboxylic acid groups (broad SMARTS) is 1. The van der Waals surface area contributed by atoms with Gasteiger partial charge in [-0.05, 0) is 26.0 Å². The van der Waals surface area contributed by atoms with Crippen LogP contribution in [-0.4, -0.2) is 33.5 Å². The van der Waals surface area contributed by atoms with Crippen molar-refractivity contribution in [1.82, 2.24) is 10.1 Å². The summed E-state index contributed by atoms with van der Waals surface area (Å²) in [5.41, 5.74) is 0.263. The summed E-state index contributed by atoms with van der Waals surface area (Å²) in [5, 5.41) is 21.7. The van der Waals surface area contributed by atoms with Crippen molar-refractivity contribution in [3.8, 4) is 11.5 Å².